The number of nitrogens with one attached hydrogen (secondary N) is 1. The molecule has 1 amide bonds. The second kappa shape index (κ2) is 10.4. The number of ether oxygens (including phenoxy) is 4. The highest BCUT2D eigenvalue weighted by atomic mass is 16.5. The quantitative estimate of drug-likeness (QED) is 0.458. The Hall–Kier alpha value is -4.20. The van der Waals surface area contributed by atoms with E-state index in [4.69, 9.17) is 18.9 Å². The van der Waals surface area contributed by atoms with Crippen LogP contribution in [-0.2, 0) is 9.53 Å². The zero-order valence-electron chi connectivity index (χ0n) is 19.7. The number of aliphatic carboxylic acids is 1. The zero-order valence-corrected chi connectivity index (χ0v) is 19.7. The van der Waals surface area contributed by atoms with E-state index in [1.54, 1.807) is 12.1 Å². The summed E-state index contributed by atoms with van der Waals surface area (Å²) in [6, 6.07) is 18.4. The highest BCUT2D eigenvalue weighted by Crippen LogP contribution is 2.45. The van der Waals surface area contributed by atoms with Crippen LogP contribution in [0.2, 0.25) is 0 Å². The predicted molar refractivity (Wildman–Crippen MR) is 129 cm³/mol. The van der Waals surface area contributed by atoms with Gasteiger partial charge in [-0.15, -0.1) is 0 Å². The summed E-state index contributed by atoms with van der Waals surface area (Å²) in [5.74, 6) is -0.204. The molecule has 2 N–H and O–H groups in total. The van der Waals surface area contributed by atoms with E-state index in [1.807, 2.05) is 36.4 Å². The number of methoxy groups -OCH3 is 3. The van der Waals surface area contributed by atoms with Crippen molar-refractivity contribution >= 4 is 12.1 Å². The minimum Gasteiger partial charge on any atom is -0.493 e. The average molecular weight is 478 g/mol. The maximum atomic E-state index is 12.8. The minimum atomic E-state index is -1.09. The number of rotatable bonds is 9. The Bertz CT molecular complexity index is 1190. The molecule has 1 unspecified atom stereocenters. The summed E-state index contributed by atoms with van der Waals surface area (Å²) < 4.78 is 21.8. The lowest BCUT2D eigenvalue weighted by Crippen LogP contribution is -2.32. The fraction of sp³-hybridized carbons (Fsp3) is 0.259. The zero-order chi connectivity index (χ0) is 24.9. The summed E-state index contributed by atoms with van der Waals surface area (Å²) in [6.45, 7) is 0.114. The Morgan fingerprint density at radius 3 is 2.00 bits per heavy atom. The van der Waals surface area contributed by atoms with Crippen molar-refractivity contribution in [2.45, 2.75) is 18.4 Å². The molecular formula is C27H27NO7. The topological polar surface area (TPSA) is 103 Å². The molecule has 0 bridgehead atoms. The molecule has 0 fully saturated rings. The molecule has 1 aliphatic rings. The van der Waals surface area contributed by atoms with Crippen molar-refractivity contribution in [3.8, 4) is 28.4 Å². The molecule has 3 aromatic carbocycles. The third kappa shape index (κ3) is 4.73. The number of hydrogen-bond acceptors (Lipinski definition) is 6. The van der Waals surface area contributed by atoms with Crippen molar-refractivity contribution in [2.75, 3.05) is 27.9 Å². The lowest BCUT2D eigenvalue weighted by molar-refractivity contribution is -0.137. The first-order chi connectivity index (χ1) is 17.0. The van der Waals surface area contributed by atoms with Gasteiger partial charge in [-0.25, -0.2) is 4.79 Å². The molecule has 8 nitrogen and oxygen atoms in total. The Morgan fingerprint density at radius 2 is 1.46 bits per heavy atom. The van der Waals surface area contributed by atoms with E-state index >= 15 is 0 Å². The van der Waals surface area contributed by atoms with Gasteiger partial charge in [0.1, 0.15) is 6.61 Å². The lowest BCUT2D eigenvalue weighted by atomic mass is 9.98. The molecular weight excluding hydrogens is 450 g/mol. The number of amides is 1. The first kappa shape index (κ1) is 23.9. The fourth-order valence-electron chi connectivity index (χ4n) is 4.59. The molecule has 4 rings (SSSR count). The van der Waals surface area contributed by atoms with Gasteiger partial charge in [0.25, 0.3) is 0 Å². The maximum Gasteiger partial charge on any atom is 0.407 e. The summed E-state index contributed by atoms with van der Waals surface area (Å²) >= 11 is 0. The van der Waals surface area contributed by atoms with E-state index in [1.165, 1.54) is 21.3 Å². The van der Waals surface area contributed by atoms with E-state index in [2.05, 4.69) is 17.4 Å². The Kier molecular flexibility index (Phi) is 7.10. The lowest BCUT2D eigenvalue weighted by Gasteiger charge is -2.22. The Morgan fingerprint density at radius 1 is 0.857 bits per heavy atom. The van der Waals surface area contributed by atoms with E-state index < -0.39 is 18.1 Å². The van der Waals surface area contributed by atoms with Gasteiger partial charge < -0.3 is 29.4 Å². The first-order valence-electron chi connectivity index (χ1n) is 11.1. The van der Waals surface area contributed by atoms with Crippen LogP contribution >= 0.6 is 0 Å². The minimum absolute atomic E-state index is 0.110. The predicted octanol–water partition coefficient (Wildman–Crippen LogP) is 4.77. The van der Waals surface area contributed by atoms with E-state index in [0.29, 0.717) is 17.1 Å². The van der Waals surface area contributed by atoms with Crippen LogP contribution in [0.25, 0.3) is 11.1 Å². The molecule has 1 atom stereocenters. The SMILES string of the molecule is COc1ccc(C(CC(=O)O)NC(=O)OCC2c3ccccc3-c3ccccc32)c(OC)c1OC. The van der Waals surface area contributed by atoms with Gasteiger partial charge in [0.2, 0.25) is 5.75 Å². The number of carbonyl (C=O) groups excluding carboxylic acids is 1. The molecule has 0 aromatic heterocycles. The van der Waals surface area contributed by atoms with Gasteiger partial charge in [-0.05, 0) is 34.4 Å². The number of carbonyl (C=O) groups is 2. The van der Waals surface area contributed by atoms with Crippen LogP contribution in [0, 0.1) is 0 Å². The molecule has 0 aliphatic heterocycles. The monoisotopic (exact) mass is 477 g/mol. The molecule has 182 valence electrons. The van der Waals surface area contributed by atoms with Gasteiger partial charge in [0.15, 0.2) is 11.5 Å². The van der Waals surface area contributed by atoms with Crippen molar-refractivity contribution in [1.29, 1.82) is 0 Å². The maximum absolute atomic E-state index is 12.8. The largest absolute Gasteiger partial charge is 0.493 e. The summed E-state index contributed by atoms with van der Waals surface area (Å²) in [5.41, 5.74) is 4.85. The summed E-state index contributed by atoms with van der Waals surface area (Å²) in [6.07, 6.45) is -1.11. The normalized spacial score (nSPS) is 12.8. The van der Waals surface area contributed by atoms with Gasteiger partial charge in [0.05, 0.1) is 33.8 Å². The number of alkyl carbamates (subject to hydrolysis) is 1. The van der Waals surface area contributed by atoms with E-state index in [-0.39, 0.29) is 24.7 Å². The molecule has 0 heterocycles. The highest BCUT2D eigenvalue weighted by molar-refractivity contribution is 5.79. The van der Waals surface area contributed by atoms with Crippen molar-refractivity contribution < 1.29 is 33.6 Å². The van der Waals surface area contributed by atoms with Crippen LogP contribution in [0.1, 0.15) is 35.1 Å². The number of benzene rings is 3. The van der Waals surface area contributed by atoms with Crippen LogP contribution < -0.4 is 19.5 Å². The number of fused-ring (bicyclic) bond motifs is 3. The Labute approximate surface area is 203 Å². The Balaban J connectivity index is 1.55. The van der Waals surface area contributed by atoms with E-state index in [9.17, 15) is 14.7 Å². The van der Waals surface area contributed by atoms with Gasteiger partial charge in [-0.2, -0.15) is 0 Å². The summed E-state index contributed by atoms with van der Waals surface area (Å²) in [5, 5.41) is 12.2. The molecule has 3 aromatic rings. The van der Waals surface area contributed by atoms with Gasteiger partial charge in [-0.3, -0.25) is 4.79 Å². The van der Waals surface area contributed by atoms with Crippen LogP contribution in [0.15, 0.2) is 60.7 Å². The number of carboxylic acids is 1. The van der Waals surface area contributed by atoms with Crippen molar-refractivity contribution in [3.63, 3.8) is 0 Å². The van der Waals surface area contributed by atoms with Crippen molar-refractivity contribution in [1.82, 2.24) is 5.32 Å². The second-order valence-corrected chi connectivity index (χ2v) is 8.04. The van der Waals surface area contributed by atoms with Crippen LogP contribution in [0.4, 0.5) is 4.79 Å². The number of carboxylic acid groups (broad SMARTS) is 1. The van der Waals surface area contributed by atoms with Crippen molar-refractivity contribution in [3.05, 3.63) is 77.4 Å². The fourth-order valence-corrected chi connectivity index (χ4v) is 4.59. The number of hydrogen-bond donors (Lipinski definition) is 2. The van der Waals surface area contributed by atoms with Crippen LogP contribution in [0.5, 0.6) is 17.2 Å². The third-order valence-corrected chi connectivity index (χ3v) is 6.12. The smallest absolute Gasteiger partial charge is 0.407 e. The average Bonchev–Trinajstić information content (AvgIpc) is 3.19. The molecule has 8 heteroatoms. The van der Waals surface area contributed by atoms with Crippen molar-refractivity contribution in [2.24, 2.45) is 0 Å². The second-order valence-electron chi connectivity index (χ2n) is 8.04. The molecule has 0 saturated heterocycles. The van der Waals surface area contributed by atoms with Gasteiger partial charge in [0, 0.05) is 11.5 Å². The molecule has 35 heavy (non-hydrogen) atoms. The van der Waals surface area contributed by atoms with E-state index in [0.717, 1.165) is 22.3 Å². The molecule has 0 radical (unpaired) electrons. The summed E-state index contributed by atoms with van der Waals surface area (Å²) in [7, 11) is 4.38. The van der Waals surface area contributed by atoms with Crippen LogP contribution in [0.3, 0.4) is 0 Å². The van der Waals surface area contributed by atoms with Gasteiger partial charge in [-0.1, -0.05) is 48.5 Å². The summed E-state index contributed by atoms with van der Waals surface area (Å²) in [4.78, 5) is 24.4. The first-order valence-corrected chi connectivity index (χ1v) is 11.1. The standard InChI is InChI=1S/C27H27NO7/c1-32-23-13-12-20(25(33-2)26(23)34-3)22(14-24(29)30)28-27(31)35-15-21-18-10-6-4-8-16(18)17-9-5-7-11-19(17)21/h4-13,21-22H,14-15H2,1-3H3,(H,28,31)(H,29,30). The molecule has 0 saturated carbocycles. The highest BCUT2D eigenvalue weighted by Gasteiger charge is 2.30. The molecule has 0 spiro atoms. The van der Waals surface area contributed by atoms with Crippen LogP contribution in [-0.4, -0.2) is 45.1 Å². The van der Waals surface area contributed by atoms with Gasteiger partial charge >= 0.3 is 12.1 Å². The third-order valence-electron chi connectivity index (χ3n) is 6.12. The molecule has 1 aliphatic carbocycles.